The van der Waals surface area contributed by atoms with Crippen LogP contribution in [0.1, 0.15) is 30.4 Å². The van der Waals surface area contributed by atoms with Crippen molar-refractivity contribution in [2.75, 3.05) is 6.54 Å². The highest BCUT2D eigenvalue weighted by Gasteiger charge is 2.37. The van der Waals surface area contributed by atoms with Crippen LogP contribution in [0.25, 0.3) is 0 Å². The molecule has 0 spiro atoms. The Labute approximate surface area is 98.6 Å². The molecule has 0 aromatic heterocycles. The SMILES string of the molecule is Cc1c(O)cc(C2(CN)CCC2)cc1Br. The number of rotatable bonds is 2. The highest BCUT2D eigenvalue weighted by atomic mass is 79.9. The highest BCUT2D eigenvalue weighted by molar-refractivity contribution is 9.10. The van der Waals surface area contributed by atoms with Crippen molar-refractivity contribution in [3.8, 4) is 5.75 Å². The molecule has 3 N–H and O–H groups in total. The second-order valence-electron chi connectivity index (χ2n) is 4.44. The van der Waals surface area contributed by atoms with E-state index in [0.717, 1.165) is 22.9 Å². The average Bonchev–Trinajstić information content (AvgIpc) is 2.13. The van der Waals surface area contributed by atoms with Gasteiger partial charge in [0.1, 0.15) is 5.75 Å². The summed E-state index contributed by atoms with van der Waals surface area (Å²) in [4.78, 5) is 0. The predicted molar refractivity (Wildman–Crippen MR) is 65.1 cm³/mol. The molecule has 1 aliphatic carbocycles. The summed E-state index contributed by atoms with van der Waals surface area (Å²) in [5.74, 6) is 0.360. The standard InChI is InChI=1S/C12H16BrNO/c1-8-10(13)5-9(6-11(8)15)12(7-14)3-2-4-12/h5-6,15H,2-4,7,14H2,1H3. The molecular formula is C12H16BrNO. The summed E-state index contributed by atoms with van der Waals surface area (Å²) in [7, 11) is 0. The van der Waals surface area contributed by atoms with Crippen molar-refractivity contribution in [1.29, 1.82) is 0 Å². The number of phenolic OH excluding ortho intramolecular Hbond substituents is 1. The van der Waals surface area contributed by atoms with Gasteiger partial charge in [-0.15, -0.1) is 0 Å². The Morgan fingerprint density at radius 1 is 1.47 bits per heavy atom. The van der Waals surface area contributed by atoms with Crippen LogP contribution in [-0.2, 0) is 5.41 Å². The minimum Gasteiger partial charge on any atom is -0.508 e. The van der Waals surface area contributed by atoms with Crippen molar-refractivity contribution in [2.24, 2.45) is 5.73 Å². The van der Waals surface area contributed by atoms with Gasteiger partial charge in [0.25, 0.3) is 0 Å². The van der Waals surface area contributed by atoms with Gasteiger partial charge >= 0.3 is 0 Å². The van der Waals surface area contributed by atoms with E-state index in [2.05, 4.69) is 22.0 Å². The largest absolute Gasteiger partial charge is 0.508 e. The molecular weight excluding hydrogens is 254 g/mol. The average molecular weight is 270 g/mol. The number of benzene rings is 1. The lowest BCUT2D eigenvalue weighted by Gasteiger charge is -2.41. The number of halogens is 1. The Hall–Kier alpha value is -0.540. The normalized spacial score (nSPS) is 18.6. The topological polar surface area (TPSA) is 46.2 Å². The van der Waals surface area contributed by atoms with Crippen molar-refractivity contribution in [1.82, 2.24) is 0 Å². The molecule has 1 saturated carbocycles. The van der Waals surface area contributed by atoms with Gasteiger partial charge < -0.3 is 10.8 Å². The first-order valence-corrected chi connectivity index (χ1v) is 6.08. The maximum atomic E-state index is 9.79. The molecule has 0 unspecified atom stereocenters. The molecule has 0 heterocycles. The molecule has 0 saturated heterocycles. The Kier molecular flexibility index (Phi) is 2.77. The fourth-order valence-corrected chi connectivity index (χ4v) is 2.63. The molecule has 0 bridgehead atoms. The Bertz CT molecular complexity index is 357. The molecule has 0 aliphatic heterocycles. The Balaban J connectivity index is 2.45. The maximum absolute atomic E-state index is 9.79. The van der Waals surface area contributed by atoms with Crippen LogP contribution in [0.15, 0.2) is 16.6 Å². The van der Waals surface area contributed by atoms with Crippen LogP contribution in [-0.4, -0.2) is 11.7 Å². The van der Waals surface area contributed by atoms with Gasteiger partial charge in [0.15, 0.2) is 0 Å². The number of hydrogen-bond donors (Lipinski definition) is 2. The molecule has 2 nitrogen and oxygen atoms in total. The molecule has 82 valence electrons. The second-order valence-corrected chi connectivity index (χ2v) is 5.29. The molecule has 15 heavy (non-hydrogen) atoms. The molecule has 1 aliphatic rings. The van der Waals surface area contributed by atoms with Crippen LogP contribution in [0.5, 0.6) is 5.75 Å². The van der Waals surface area contributed by atoms with Crippen LogP contribution in [0, 0.1) is 6.92 Å². The third kappa shape index (κ3) is 1.68. The summed E-state index contributed by atoms with van der Waals surface area (Å²) < 4.78 is 0.970. The van der Waals surface area contributed by atoms with Crippen LogP contribution in [0.3, 0.4) is 0 Å². The molecule has 1 aromatic rings. The van der Waals surface area contributed by atoms with Crippen LogP contribution < -0.4 is 5.73 Å². The minimum atomic E-state index is 0.119. The van der Waals surface area contributed by atoms with Gasteiger partial charge in [-0.2, -0.15) is 0 Å². The zero-order chi connectivity index (χ0) is 11.1. The molecule has 0 radical (unpaired) electrons. The second kappa shape index (κ2) is 3.80. The lowest BCUT2D eigenvalue weighted by atomic mass is 9.64. The van der Waals surface area contributed by atoms with Crippen LogP contribution in [0.2, 0.25) is 0 Å². The number of aromatic hydroxyl groups is 1. The number of phenols is 1. The first kappa shape index (κ1) is 11.0. The van der Waals surface area contributed by atoms with E-state index in [1.165, 1.54) is 12.0 Å². The van der Waals surface area contributed by atoms with E-state index in [-0.39, 0.29) is 5.41 Å². The zero-order valence-corrected chi connectivity index (χ0v) is 10.5. The summed E-state index contributed by atoms with van der Waals surface area (Å²) in [6.07, 6.45) is 3.51. The summed E-state index contributed by atoms with van der Waals surface area (Å²) in [6, 6.07) is 3.97. The smallest absolute Gasteiger partial charge is 0.119 e. The van der Waals surface area contributed by atoms with Gasteiger partial charge in [0.05, 0.1) is 0 Å². The lowest BCUT2D eigenvalue weighted by molar-refractivity contribution is 0.252. The Morgan fingerprint density at radius 3 is 2.53 bits per heavy atom. The van der Waals surface area contributed by atoms with Gasteiger partial charge in [0.2, 0.25) is 0 Å². The van der Waals surface area contributed by atoms with Gasteiger partial charge in [0, 0.05) is 22.0 Å². The van der Waals surface area contributed by atoms with E-state index in [1.807, 2.05) is 13.0 Å². The number of nitrogens with two attached hydrogens (primary N) is 1. The van der Waals surface area contributed by atoms with Crippen molar-refractivity contribution >= 4 is 15.9 Å². The molecule has 0 atom stereocenters. The zero-order valence-electron chi connectivity index (χ0n) is 8.89. The van der Waals surface area contributed by atoms with E-state index in [0.29, 0.717) is 12.3 Å². The van der Waals surface area contributed by atoms with Crippen LogP contribution in [0.4, 0.5) is 0 Å². The van der Waals surface area contributed by atoms with Crippen molar-refractivity contribution in [3.05, 3.63) is 27.7 Å². The molecule has 3 heteroatoms. The molecule has 0 amide bonds. The fourth-order valence-electron chi connectivity index (χ4n) is 2.18. The van der Waals surface area contributed by atoms with Crippen molar-refractivity contribution in [2.45, 2.75) is 31.6 Å². The third-order valence-electron chi connectivity index (χ3n) is 3.63. The van der Waals surface area contributed by atoms with E-state index in [4.69, 9.17) is 5.73 Å². The third-order valence-corrected chi connectivity index (χ3v) is 4.45. The summed E-state index contributed by atoms with van der Waals surface area (Å²) in [5.41, 5.74) is 8.03. The first-order valence-electron chi connectivity index (χ1n) is 5.29. The van der Waals surface area contributed by atoms with E-state index in [1.54, 1.807) is 0 Å². The van der Waals surface area contributed by atoms with E-state index < -0.39 is 0 Å². The summed E-state index contributed by atoms with van der Waals surface area (Å²) >= 11 is 3.47. The summed E-state index contributed by atoms with van der Waals surface area (Å²) in [6.45, 7) is 2.57. The number of hydrogen-bond acceptors (Lipinski definition) is 2. The van der Waals surface area contributed by atoms with Crippen molar-refractivity contribution in [3.63, 3.8) is 0 Å². The van der Waals surface area contributed by atoms with Crippen LogP contribution >= 0.6 is 15.9 Å². The van der Waals surface area contributed by atoms with Crippen molar-refractivity contribution < 1.29 is 5.11 Å². The van der Waals surface area contributed by atoms with Gasteiger partial charge in [-0.05, 0) is 37.5 Å². The van der Waals surface area contributed by atoms with Gasteiger partial charge in [-0.3, -0.25) is 0 Å². The monoisotopic (exact) mass is 269 g/mol. The minimum absolute atomic E-state index is 0.119. The maximum Gasteiger partial charge on any atom is 0.119 e. The van der Waals surface area contributed by atoms with E-state index in [9.17, 15) is 5.11 Å². The highest BCUT2D eigenvalue weighted by Crippen LogP contribution is 2.45. The lowest BCUT2D eigenvalue weighted by Crippen LogP contribution is -2.41. The first-order chi connectivity index (χ1) is 7.09. The van der Waals surface area contributed by atoms with Gasteiger partial charge in [-0.1, -0.05) is 22.4 Å². The van der Waals surface area contributed by atoms with Gasteiger partial charge in [-0.25, -0.2) is 0 Å². The quantitative estimate of drug-likeness (QED) is 0.868. The Morgan fingerprint density at radius 2 is 2.13 bits per heavy atom. The molecule has 1 aromatic carbocycles. The van der Waals surface area contributed by atoms with E-state index >= 15 is 0 Å². The predicted octanol–water partition coefficient (Wildman–Crippen LogP) is 2.84. The molecule has 2 rings (SSSR count). The summed E-state index contributed by atoms with van der Waals surface area (Å²) in [5, 5.41) is 9.79. The molecule has 1 fully saturated rings. The fraction of sp³-hybridized carbons (Fsp3) is 0.500.